The fourth-order valence-electron chi connectivity index (χ4n) is 9.67. The molecule has 0 amide bonds. The van der Waals surface area contributed by atoms with E-state index in [2.05, 4.69) is 83.1 Å². The van der Waals surface area contributed by atoms with Crippen molar-refractivity contribution in [3.63, 3.8) is 0 Å². The van der Waals surface area contributed by atoms with Gasteiger partial charge in [-0.3, -0.25) is 0 Å². The quantitative estimate of drug-likeness (QED) is 0.134. The molecule has 3 fully saturated rings. The highest BCUT2D eigenvalue weighted by Gasteiger charge is 2.63. The molecule has 11 atom stereocenters. The Kier molecular flexibility index (Phi) is 13.4. The molecule has 0 bridgehead atoms. The normalized spacial score (nSPS) is 41.4. The molecule has 0 aromatic rings. The average Bonchev–Trinajstić information content (AvgIpc) is 3.44. The van der Waals surface area contributed by atoms with Crippen molar-refractivity contribution in [3.8, 4) is 0 Å². The van der Waals surface area contributed by atoms with Crippen LogP contribution >= 0.6 is 0 Å². The van der Waals surface area contributed by atoms with Crippen LogP contribution in [0.15, 0.2) is 12.2 Å². The van der Waals surface area contributed by atoms with Crippen LogP contribution in [0.5, 0.6) is 0 Å². The predicted molar refractivity (Wildman–Crippen MR) is 200 cm³/mol. The van der Waals surface area contributed by atoms with E-state index < -0.39 is 39.9 Å². The van der Waals surface area contributed by atoms with Crippen molar-refractivity contribution in [2.45, 2.75) is 211 Å². The number of hydrogen-bond acceptors (Lipinski definition) is 7. The zero-order chi connectivity index (χ0) is 35.6. The molecule has 1 N–H and O–H groups in total. The lowest BCUT2D eigenvalue weighted by molar-refractivity contribution is -0.410. The lowest BCUT2D eigenvalue weighted by Crippen LogP contribution is -2.63. The molecular weight excluding hydrogens is 637 g/mol. The van der Waals surface area contributed by atoms with Crippen LogP contribution < -0.4 is 0 Å². The number of hydrogen-bond donors (Lipinski definition) is 1. The van der Waals surface area contributed by atoms with Gasteiger partial charge in [0.2, 0.25) is 5.79 Å². The maximum Gasteiger partial charge on any atom is 0.202 e. The minimum absolute atomic E-state index is 0.00271. The van der Waals surface area contributed by atoms with Crippen LogP contribution in [0.3, 0.4) is 0 Å². The Balaban J connectivity index is 1.52. The third-order valence-corrected chi connectivity index (χ3v) is 23.4. The minimum Gasteiger partial charge on any atom is -0.416 e. The van der Waals surface area contributed by atoms with Gasteiger partial charge in [-0.2, -0.15) is 0 Å². The highest BCUT2D eigenvalue weighted by Crippen LogP contribution is 2.54. The van der Waals surface area contributed by atoms with Gasteiger partial charge in [-0.15, -0.1) is 0 Å². The lowest BCUT2D eigenvalue weighted by Gasteiger charge is -2.55. The van der Waals surface area contributed by atoms with Gasteiger partial charge in [0, 0.05) is 24.9 Å². The van der Waals surface area contributed by atoms with Gasteiger partial charge >= 0.3 is 0 Å². The smallest absolute Gasteiger partial charge is 0.202 e. The molecule has 2 spiro atoms. The zero-order valence-corrected chi connectivity index (χ0v) is 35.0. The highest BCUT2D eigenvalue weighted by molar-refractivity contribution is 6.74. The van der Waals surface area contributed by atoms with Crippen molar-refractivity contribution in [1.29, 1.82) is 0 Å². The molecule has 4 heterocycles. The van der Waals surface area contributed by atoms with E-state index in [1.165, 1.54) is 0 Å². The number of aliphatic hydroxyl groups excluding tert-OH is 1. The molecule has 3 saturated heterocycles. The number of aliphatic hydroxyl groups is 1. The van der Waals surface area contributed by atoms with E-state index in [4.69, 9.17) is 27.8 Å². The maximum atomic E-state index is 11.5. The summed E-state index contributed by atoms with van der Waals surface area (Å²) in [7, 11) is -3.54. The molecule has 0 unspecified atom stereocenters. The summed E-state index contributed by atoms with van der Waals surface area (Å²) in [6.45, 7) is 27.9. The second-order valence-corrected chi connectivity index (χ2v) is 25.8. The summed E-state index contributed by atoms with van der Waals surface area (Å²) in [6, 6.07) is 6.85. The fourth-order valence-corrected chi connectivity index (χ4v) is 15.6. The molecule has 4 rings (SSSR count). The Bertz CT molecular complexity index is 1050. The van der Waals surface area contributed by atoms with Crippen molar-refractivity contribution in [1.82, 2.24) is 0 Å². The third kappa shape index (κ3) is 7.52. The Labute approximate surface area is 296 Å². The van der Waals surface area contributed by atoms with Gasteiger partial charge in [-0.1, -0.05) is 69.2 Å². The van der Waals surface area contributed by atoms with E-state index in [1.54, 1.807) is 0 Å². The molecule has 0 aliphatic carbocycles. The van der Waals surface area contributed by atoms with E-state index in [0.717, 1.165) is 81.4 Å². The highest BCUT2D eigenvalue weighted by atomic mass is 28.4. The van der Waals surface area contributed by atoms with E-state index in [0.29, 0.717) is 12.3 Å². The third-order valence-electron chi connectivity index (χ3n) is 14.1. The second-order valence-electron chi connectivity index (χ2n) is 16.3. The first-order valence-corrected chi connectivity index (χ1v) is 25.2. The molecule has 4 aliphatic heterocycles. The molecule has 48 heavy (non-hydrogen) atoms. The number of ether oxygens (including phenoxy) is 4. The summed E-state index contributed by atoms with van der Waals surface area (Å²) < 4.78 is 42.2. The van der Waals surface area contributed by atoms with Gasteiger partial charge in [0.05, 0.1) is 29.5 Å². The first-order valence-electron chi connectivity index (χ1n) is 20.1. The topological polar surface area (TPSA) is 75.6 Å². The average molecular weight is 711 g/mol. The Morgan fingerprint density at radius 1 is 0.854 bits per heavy atom. The predicted octanol–water partition coefficient (Wildman–Crippen LogP) is 9.74. The molecule has 0 radical (unpaired) electrons. The van der Waals surface area contributed by atoms with Crippen LogP contribution in [0, 0.1) is 17.8 Å². The van der Waals surface area contributed by atoms with Gasteiger partial charge in [0.15, 0.2) is 22.4 Å². The van der Waals surface area contributed by atoms with Crippen LogP contribution in [0.2, 0.25) is 36.3 Å². The minimum atomic E-state index is -1.82. The first kappa shape index (κ1) is 40.7. The molecule has 4 aliphatic rings. The second kappa shape index (κ2) is 15.9. The van der Waals surface area contributed by atoms with Gasteiger partial charge in [0.25, 0.3) is 0 Å². The Hall–Kier alpha value is -0.106. The SMILES string of the molecule is CC[C@@H](CO[Si](CC)(CC)CC)[C@H]1O[C@@]2(C=C[C@@H](O)[C@@]3(CC[C@@](C)([C@H]4CC[C@@](CC)(O[Si](CC)(CC)CC)[C@H](C)O4)O3)O2)[C@H](C)C[C@@H]1C. The molecule has 7 nitrogen and oxygen atoms in total. The van der Waals surface area contributed by atoms with Crippen molar-refractivity contribution < 1.29 is 32.9 Å². The van der Waals surface area contributed by atoms with Crippen LogP contribution in [-0.4, -0.2) is 75.5 Å². The standard InChI is InChI=1S/C39H74O7Si2/c1-13-32(28-41-47(15-3,16-4)17-5)35-29(9)27-30(10)38(43-35)24-21-33(40)39(45-38)26-25-36(12,44-39)34-22-23-37(14-2,31(11)42-34)46-48(18-6,19-7)20-8/h21,24,29-35,40H,13-20,22-23,25-28H2,1-12H3/t29-,30+,31-,32-,33+,34+,35-,36-,37+,38+,39+/m0/s1. The van der Waals surface area contributed by atoms with Crippen LogP contribution in [0.25, 0.3) is 0 Å². The van der Waals surface area contributed by atoms with Crippen molar-refractivity contribution in [2.24, 2.45) is 17.8 Å². The fraction of sp³-hybridized carbons (Fsp3) is 0.949. The monoisotopic (exact) mass is 710 g/mol. The summed E-state index contributed by atoms with van der Waals surface area (Å²) in [5.41, 5.74) is -0.843. The Morgan fingerprint density at radius 2 is 1.48 bits per heavy atom. The van der Waals surface area contributed by atoms with Crippen LogP contribution in [-0.2, 0) is 27.8 Å². The maximum absolute atomic E-state index is 11.5. The summed E-state index contributed by atoms with van der Waals surface area (Å²) in [6.07, 6.45) is 8.94. The van der Waals surface area contributed by atoms with Gasteiger partial charge in [-0.05, 0) is 107 Å². The van der Waals surface area contributed by atoms with Gasteiger partial charge in [-0.25, -0.2) is 0 Å². The molecule has 280 valence electrons. The van der Waals surface area contributed by atoms with Crippen molar-refractivity contribution in [2.75, 3.05) is 6.61 Å². The van der Waals surface area contributed by atoms with Crippen LogP contribution in [0.1, 0.15) is 128 Å². The van der Waals surface area contributed by atoms with Crippen molar-refractivity contribution >= 4 is 16.6 Å². The molecule has 0 saturated carbocycles. The van der Waals surface area contributed by atoms with E-state index >= 15 is 0 Å². The Morgan fingerprint density at radius 3 is 2.02 bits per heavy atom. The zero-order valence-electron chi connectivity index (χ0n) is 33.0. The van der Waals surface area contributed by atoms with Gasteiger partial charge < -0.3 is 32.9 Å². The first-order chi connectivity index (χ1) is 22.7. The summed E-state index contributed by atoms with van der Waals surface area (Å²) in [5, 5.41) is 11.5. The molecule has 9 heteroatoms. The largest absolute Gasteiger partial charge is 0.416 e. The van der Waals surface area contributed by atoms with E-state index in [1.807, 2.05) is 12.2 Å². The molecular formula is C39H74O7Si2. The molecule has 0 aromatic carbocycles. The van der Waals surface area contributed by atoms with E-state index in [-0.39, 0.29) is 35.7 Å². The van der Waals surface area contributed by atoms with Crippen LogP contribution in [0.4, 0.5) is 0 Å². The summed E-state index contributed by atoms with van der Waals surface area (Å²) in [4.78, 5) is 0. The number of rotatable bonds is 15. The molecule has 0 aromatic heterocycles. The van der Waals surface area contributed by atoms with Gasteiger partial charge in [0.1, 0.15) is 6.10 Å². The van der Waals surface area contributed by atoms with Crippen molar-refractivity contribution in [3.05, 3.63) is 12.2 Å². The summed E-state index contributed by atoms with van der Waals surface area (Å²) >= 11 is 0. The lowest BCUT2D eigenvalue weighted by atomic mass is 9.77. The summed E-state index contributed by atoms with van der Waals surface area (Å²) in [5.74, 6) is -1.36. The van der Waals surface area contributed by atoms with E-state index in [9.17, 15) is 5.11 Å².